The second kappa shape index (κ2) is 8.22. The third-order valence-corrected chi connectivity index (χ3v) is 4.22. The molecule has 0 heterocycles. The van der Waals surface area contributed by atoms with E-state index >= 15 is 0 Å². The lowest BCUT2D eigenvalue weighted by Gasteiger charge is -2.35. The minimum Gasteiger partial charge on any atom is -0.481 e. The molecule has 122 valence electrons. The molecule has 6 heteroatoms. The fraction of sp³-hybridized carbons (Fsp3) is 0.867. The summed E-state index contributed by atoms with van der Waals surface area (Å²) in [5.41, 5.74) is -0.812. The van der Waals surface area contributed by atoms with Crippen molar-refractivity contribution < 1.29 is 19.4 Å². The van der Waals surface area contributed by atoms with E-state index in [2.05, 4.69) is 17.6 Å². The minimum absolute atomic E-state index is 0.0999. The molecule has 0 spiro atoms. The second-order valence-corrected chi connectivity index (χ2v) is 6.16. The van der Waals surface area contributed by atoms with Gasteiger partial charge in [0.2, 0.25) is 0 Å². The molecule has 1 aliphatic carbocycles. The van der Waals surface area contributed by atoms with Gasteiger partial charge in [0.05, 0.1) is 18.1 Å². The van der Waals surface area contributed by atoms with Crippen LogP contribution < -0.4 is 10.6 Å². The Morgan fingerprint density at radius 3 is 2.52 bits per heavy atom. The molecular formula is C15H28N2O4. The number of carboxylic acids is 1. The van der Waals surface area contributed by atoms with E-state index in [-0.39, 0.29) is 18.6 Å². The highest BCUT2D eigenvalue weighted by Crippen LogP contribution is 2.38. The predicted molar refractivity (Wildman–Crippen MR) is 80.2 cm³/mol. The fourth-order valence-corrected chi connectivity index (χ4v) is 2.64. The Morgan fingerprint density at radius 1 is 1.38 bits per heavy atom. The molecule has 0 aromatic heterocycles. The third-order valence-electron chi connectivity index (χ3n) is 4.22. The Balaban J connectivity index is 2.43. The van der Waals surface area contributed by atoms with Crippen LogP contribution in [0.5, 0.6) is 0 Å². The summed E-state index contributed by atoms with van der Waals surface area (Å²) >= 11 is 0. The van der Waals surface area contributed by atoms with Crippen LogP contribution >= 0.6 is 0 Å². The zero-order chi connectivity index (χ0) is 15.9. The summed E-state index contributed by atoms with van der Waals surface area (Å²) in [7, 11) is 0. The van der Waals surface area contributed by atoms with Crippen molar-refractivity contribution in [2.45, 2.75) is 52.5 Å². The van der Waals surface area contributed by atoms with Crippen LogP contribution in [0.15, 0.2) is 0 Å². The molecule has 1 aliphatic rings. The topological polar surface area (TPSA) is 87.7 Å². The molecule has 6 nitrogen and oxygen atoms in total. The van der Waals surface area contributed by atoms with Crippen molar-refractivity contribution in [1.29, 1.82) is 0 Å². The Labute approximate surface area is 126 Å². The molecular weight excluding hydrogens is 272 g/mol. The van der Waals surface area contributed by atoms with Gasteiger partial charge in [0.15, 0.2) is 0 Å². The SMILES string of the molecule is CCOCC(C)NC(=O)NCC1(C(=O)O)CCC(C)CC1. The van der Waals surface area contributed by atoms with Gasteiger partial charge in [0, 0.05) is 13.2 Å². The molecule has 1 unspecified atom stereocenters. The van der Waals surface area contributed by atoms with Crippen LogP contribution in [0.3, 0.4) is 0 Å². The number of hydrogen-bond acceptors (Lipinski definition) is 3. The fourth-order valence-electron chi connectivity index (χ4n) is 2.64. The van der Waals surface area contributed by atoms with Crippen LogP contribution in [0.2, 0.25) is 0 Å². The highest BCUT2D eigenvalue weighted by molar-refractivity contribution is 5.78. The summed E-state index contributed by atoms with van der Waals surface area (Å²) in [4.78, 5) is 23.4. The van der Waals surface area contributed by atoms with E-state index in [1.54, 1.807) is 0 Å². The van der Waals surface area contributed by atoms with E-state index in [0.717, 1.165) is 12.8 Å². The number of aliphatic carboxylic acids is 1. The van der Waals surface area contributed by atoms with Crippen LogP contribution in [0.4, 0.5) is 4.79 Å². The molecule has 1 fully saturated rings. The zero-order valence-electron chi connectivity index (χ0n) is 13.3. The molecule has 1 saturated carbocycles. The second-order valence-electron chi connectivity index (χ2n) is 6.16. The highest BCUT2D eigenvalue weighted by atomic mass is 16.5. The van der Waals surface area contributed by atoms with E-state index in [1.165, 1.54) is 0 Å². The quantitative estimate of drug-likeness (QED) is 0.671. The van der Waals surface area contributed by atoms with Gasteiger partial charge < -0.3 is 20.5 Å². The first-order valence-electron chi connectivity index (χ1n) is 7.75. The van der Waals surface area contributed by atoms with Gasteiger partial charge in [0.1, 0.15) is 0 Å². The maximum absolute atomic E-state index is 11.8. The summed E-state index contributed by atoms with van der Waals surface area (Å²) in [6.07, 6.45) is 3.04. The van der Waals surface area contributed by atoms with Crippen LogP contribution in [0, 0.1) is 11.3 Å². The lowest BCUT2D eigenvalue weighted by molar-refractivity contribution is -0.151. The number of carboxylic acid groups (broad SMARTS) is 1. The van der Waals surface area contributed by atoms with Crippen molar-refractivity contribution in [3.8, 4) is 0 Å². The van der Waals surface area contributed by atoms with Crippen molar-refractivity contribution in [3.05, 3.63) is 0 Å². The summed E-state index contributed by atoms with van der Waals surface area (Å²) in [6, 6.07) is -0.432. The first-order chi connectivity index (χ1) is 9.89. The number of carbonyl (C=O) groups is 2. The minimum atomic E-state index is -0.812. The van der Waals surface area contributed by atoms with Gasteiger partial charge in [-0.15, -0.1) is 0 Å². The summed E-state index contributed by atoms with van der Waals surface area (Å²) < 4.78 is 5.22. The van der Waals surface area contributed by atoms with Gasteiger partial charge in [-0.05, 0) is 45.4 Å². The van der Waals surface area contributed by atoms with Crippen molar-refractivity contribution in [2.75, 3.05) is 19.8 Å². The van der Waals surface area contributed by atoms with E-state index in [9.17, 15) is 14.7 Å². The standard InChI is InChI=1S/C15H28N2O4/c1-4-21-9-12(3)17-14(20)16-10-15(13(18)19)7-5-11(2)6-8-15/h11-12H,4-10H2,1-3H3,(H,18,19)(H2,16,17,20). The molecule has 1 rings (SSSR count). The molecule has 0 aliphatic heterocycles. The third kappa shape index (κ3) is 5.53. The summed E-state index contributed by atoms with van der Waals surface area (Å²) in [5, 5.41) is 15.0. The van der Waals surface area contributed by atoms with Crippen LogP contribution in [0.1, 0.15) is 46.5 Å². The largest absolute Gasteiger partial charge is 0.481 e. The van der Waals surface area contributed by atoms with Crippen molar-refractivity contribution in [2.24, 2.45) is 11.3 Å². The summed E-state index contributed by atoms with van der Waals surface area (Å²) in [6.45, 7) is 7.13. The lowest BCUT2D eigenvalue weighted by atomic mass is 9.71. The number of hydrogen-bond donors (Lipinski definition) is 3. The zero-order valence-corrected chi connectivity index (χ0v) is 13.3. The molecule has 0 bridgehead atoms. The Morgan fingerprint density at radius 2 is 2.00 bits per heavy atom. The number of nitrogens with one attached hydrogen (secondary N) is 2. The number of ether oxygens (including phenoxy) is 1. The van der Waals surface area contributed by atoms with Gasteiger partial charge in [0.25, 0.3) is 0 Å². The van der Waals surface area contributed by atoms with E-state index in [1.807, 2.05) is 13.8 Å². The van der Waals surface area contributed by atoms with Gasteiger partial charge in [-0.3, -0.25) is 4.79 Å². The maximum atomic E-state index is 11.8. The molecule has 1 atom stereocenters. The van der Waals surface area contributed by atoms with Gasteiger partial charge in [-0.1, -0.05) is 6.92 Å². The van der Waals surface area contributed by atoms with E-state index in [4.69, 9.17) is 4.74 Å². The monoisotopic (exact) mass is 300 g/mol. The smallest absolute Gasteiger partial charge is 0.315 e. The Kier molecular flexibility index (Phi) is 6.95. The first-order valence-corrected chi connectivity index (χ1v) is 7.75. The molecule has 0 aromatic carbocycles. The average Bonchev–Trinajstić information content (AvgIpc) is 2.44. The molecule has 0 saturated heterocycles. The van der Waals surface area contributed by atoms with Crippen molar-refractivity contribution >= 4 is 12.0 Å². The first kappa shape index (κ1) is 17.8. The van der Waals surface area contributed by atoms with E-state index < -0.39 is 11.4 Å². The molecule has 2 amide bonds. The van der Waals surface area contributed by atoms with E-state index in [0.29, 0.717) is 32.0 Å². The van der Waals surface area contributed by atoms with Crippen LogP contribution in [-0.4, -0.2) is 42.9 Å². The number of carbonyl (C=O) groups excluding carboxylic acids is 1. The number of amides is 2. The Hall–Kier alpha value is -1.30. The molecule has 3 N–H and O–H groups in total. The molecule has 0 radical (unpaired) electrons. The normalized spacial score (nSPS) is 26.9. The molecule has 21 heavy (non-hydrogen) atoms. The van der Waals surface area contributed by atoms with Crippen molar-refractivity contribution in [1.82, 2.24) is 10.6 Å². The highest BCUT2D eigenvalue weighted by Gasteiger charge is 2.41. The van der Waals surface area contributed by atoms with Gasteiger partial charge in [-0.2, -0.15) is 0 Å². The lowest BCUT2D eigenvalue weighted by Crippen LogP contribution is -2.49. The molecule has 0 aromatic rings. The van der Waals surface area contributed by atoms with Gasteiger partial charge in [-0.25, -0.2) is 4.79 Å². The predicted octanol–water partition coefficient (Wildman–Crippen LogP) is 1.99. The van der Waals surface area contributed by atoms with Crippen LogP contribution in [-0.2, 0) is 9.53 Å². The van der Waals surface area contributed by atoms with Crippen LogP contribution in [0.25, 0.3) is 0 Å². The summed E-state index contributed by atoms with van der Waals surface area (Å²) in [5.74, 6) is -0.241. The van der Waals surface area contributed by atoms with Crippen molar-refractivity contribution in [3.63, 3.8) is 0 Å². The number of rotatable bonds is 7. The Bertz CT molecular complexity index is 352. The maximum Gasteiger partial charge on any atom is 0.315 e. The average molecular weight is 300 g/mol. The van der Waals surface area contributed by atoms with Gasteiger partial charge >= 0.3 is 12.0 Å². The number of urea groups is 1.